The van der Waals surface area contributed by atoms with Crippen LogP contribution in [0.25, 0.3) is 0 Å². The smallest absolute Gasteiger partial charge is 0.272 e. The fraction of sp³-hybridized carbons (Fsp3) is 0.375. The van der Waals surface area contributed by atoms with Gasteiger partial charge in [0.25, 0.3) is 5.91 Å². The molecule has 0 saturated carbocycles. The first-order valence-electron chi connectivity index (χ1n) is 7.51. The van der Waals surface area contributed by atoms with Gasteiger partial charge in [-0.25, -0.2) is 0 Å². The van der Waals surface area contributed by atoms with E-state index in [4.69, 9.17) is 11.6 Å². The number of nitrogens with one attached hydrogen (secondary N) is 2. The van der Waals surface area contributed by atoms with E-state index in [1.807, 2.05) is 35.1 Å². The highest BCUT2D eigenvalue weighted by molar-refractivity contribution is 6.30. The Morgan fingerprint density at radius 3 is 3.14 bits per heavy atom. The molecular weight excluding hydrogens is 300 g/mol. The highest BCUT2D eigenvalue weighted by Gasteiger charge is 2.17. The van der Waals surface area contributed by atoms with E-state index in [1.54, 1.807) is 6.07 Å². The molecule has 5 nitrogen and oxygen atoms in total. The second kappa shape index (κ2) is 6.94. The molecule has 1 amide bonds. The second-order valence-corrected chi connectivity index (χ2v) is 5.93. The van der Waals surface area contributed by atoms with Crippen molar-refractivity contribution in [2.45, 2.75) is 25.4 Å². The molecule has 1 fully saturated rings. The maximum absolute atomic E-state index is 12.2. The van der Waals surface area contributed by atoms with Crippen LogP contribution >= 0.6 is 11.6 Å². The third-order valence-corrected chi connectivity index (χ3v) is 4.06. The normalized spacial score (nSPS) is 18.1. The Morgan fingerprint density at radius 2 is 2.36 bits per heavy atom. The summed E-state index contributed by atoms with van der Waals surface area (Å²) in [5.41, 5.74) is 1.42. The molecule has 116 valence electrons. The maximum Gasteiger partial charge on any atom is 0.272 e. The largest absolute Gasteiger partial charge is 0.347 e. The molecule has 1 unspecified atom stereocenters. The number of rotatable bonds is 4. The van der Waals surface area contributed by atoms with Gasteiger partial charge < -0.3 is 10.6 Å². The van der Waals surface area contributed by atoms with Crippen LogP contribution in [0.1, 0.15) is 34.9 Å². The Labute approximate surface area is 134 Å². The van der Waals surface area contributed by atoms with Crippen LogP contribution in [0.3, 0.4) is 0 Å². The molecule has 1 aromatic carbocycles. The fourth-order valence-electron chi connectivity index (χ4n) is 2.64. The lowest BCUT2D eigenvalue weighted by molar-refractivity contribution is 0.0944. The van der Waals surface area contributed by atoms with E-state index >= 15 is 0 Å². The zero-order chi connectivity index (χ0) is 15.4. The highest BCUT2D eigenvalue weighted by atomic mass is 35.5. The van der Waals surface area contributed by atoms with Crippen LogP contribution < -0.4 is 10.6 Å². The number of hydrogen-bond acceptors (Lipinski definition) is 3. The van der Waals surface area contributed by atoms with Crippen LogP contribution in [0, 0.1) is 0 Å². The zero-order valence-corrected chi connectivity index (χ0v) is 13.0. The Morgan fingerprint density at radius 1 is 1.45 bits per heavy atom. The molecule has 3 rings (SSSR count). The Balaban J connectivity index is 1.59. The molecule has 2 N–H and O–H groups in total. The van der Waals surface area contributed by atoms with Gasteiger partial charge in [-0.05, 0) is 43.1 Å². The van der Waals surface area contributed by atoms with Crippen LogP contribution in [0.4, 0.5) is 0 Å². The van der Waals surface area contributed by atoms with E-state index in [1.165, 1.54) is 0 Å². The molecule has 0 aliphatic carbocycles. The van der Waals surface area contributed by atoms with Crippen molar-refractivity contribution in [3.05, 3.63) is 52.8 Å². The summed E-state index contributed by atoms with van der Waals surface area (Å²) in [6.45, 7) is 2.41. The number of carbonyl (C=O) groups is 1. The number of nitrogens with zero attached hydrogens (tertiary/aromatic N) is 2. The van der Waals surface area contributed by atoms with Gasteiger partial charge in [-0.2, -0.15) is 5.10 Å². The van der Waals surface area contributed by atoms with Crippen molar-refractivity contribution in [2.75, 3.05) is 13.1 Å². The standard InChI is InChI=1S/C16H19ClN4O/c17-13-4-1-3-12(9-13)10-19-16(22)15-6-8-21(20-15)14-5-2-7-18-11-14/h1,3-4,6,8-9,14,18H,2,5,7,10-11H2,(H,19,22). The van der Waals surface area contributed by atoms with Crippen molar-refractivity contribution >= 4 is 17.5 Å². The van der Waals surface area contributed by atoms with Crippen molar-refractivity contribution in [1.82, 2.24) is 20.4 Å². The first kappa shape index (κ1) is 15.1. The minimum Gasteiger partial charge on any atom is -0.347 e. The minimum absolute atomic E-state index is 0.164. The van der Waals surface area contributed by atoms with Gasteiger partial charge in [-0.1, -0.05) is 23.7 Å². The van der Waals surface area contributed by atoms with Gasteiger partial charge in [0.2, 0.25) is 0 Å². The van der Waals surface area contributed by atoms with Gasteiger partial charge >= 0.3 is 0 Å². The van der Waals surface area contributed by atoms with E-state index in [0.29, 0.717) is 23.3 Å². The molecule has 1 aliphatic heterocycles. The summed E-state index contributed by atoms with van der Waals surface area (Å²) in [4.78, 5) is 12.2. The van der Waals surface area contributed by atoms with Gasteiger partial charge in [0.15, 0.2) is 0 Å². The van der Waals surface area contributed by atoms with Crippen molar-refractivity contribution < 1.29 is 4.79 Å². The van der Waals surface area contributed by atoms with Crippen LogP contribution in [0.2, 0.25) is 5.02 Å². The number of halogens is 1. The molecule has 0 radical (unpaired) electrons. The monoisotopic (exact) mass is 318 g/mol. The second-order valence-electron chi connectivity index (χ2n) is 5.49. The predicted molar refractivity (Wildman–Crippen MR) is 86.0 cm³/mol. The fourth-order valence-corrected chi connectivity index (χ4v) is 2.85. The van der Waals surface area contributed by atoms with Crippen LogP contribution in [-0.4, -0.2) is 28.8 Å². The van der Waals surface area contributed by atoms with Gasteiger partial charge in [0.05, 0.1) is 6.04 Å². The summed E-state index contributed by atoms with van der Waals surface area (Å²) in [6.07, 6.45) is 4.12. The SMILES string of the molecule is O=C(NCc1cccc(Cl)c1)c1ccn(C2CCCNC2)n1. The van der Waals surface area contributed by atoms with E-state index in [9.17, 15) is 4.79 Å². The molecule has 2 heterocycles. The number of hydrogen-bond donors (Lipinski definition) is 2. The summed E-state index contributed by atoms with van der Waals surface area (Å²) < 4.78 is 1.89. The van der Waals surface area contributed by atoms with Crippen molar-refractivity contribution in [2.24, 2.45) is 0 Å². The molecule has 2 aromatic rings. The van der Waals surface area contributed by atoms with E-state index in [2.05, 4.69) is 15.7 Å². The molecule has 1 saturated heterocycles. The summed E-state index contributed by atoms with van der Waals surface area (Å²) >= 11 is 5.93. The Bertz CT molecular complexity index is 649. The van der Waals surface area contributed by atoms with E-state index in [-0.39, 0.29) is 5.91 Å². The third kappa shape index (κ3) is 3.67. The first-order chi connectivity index (χ1) is 10.7. The molecule has 6 heteroatoms. The molecule has 1 aliphatic rings. The molecular formula is C16H19ClN4O. The van der Waals surface area contributed by atoms with E-state index in [0.717, 1.165) is 31.5 Å². The lowest BCUT2D eigenvalue weighted by atomic mass is 10.1. The molecule has 0 bridgehead atoms. The average Bonchev–Trinajstić information content (AvgIpc) is 3.04. The van der Waals surface area contributed by atoms with Gasteiger partial charge in [0.1, 0.15) is 5.69 Å². The lowest BCUT2D eigenvalue weighted by Crippen LogP contribution is -2.32. The number of benzene rings is 1. The Hall–Kier alpha value is -1.85. The van der Waals surface area contributed by atoms with Gasteiger partial charge in [-0.3, -0.25) is 9.48 Å². The molecule has 1 atom stereocenters. The van der Waals surface area contributed by atoms with Gasteiger partial charge in [-0.15, -0.1) is 0 Å². The summed E-state index contributed by atoms with van der Waals surface area (Å²) in [5, 5.41) is 11.3. The predicted octanol–water partition coefficient (Wildman–Crippen LogP) is 2.39. The summed E-state index contributed by atoms with van der Waals surface area (Å²) in [5.74, 6) is -0.164. The minimum atomic E-state index is -0.164. The van der Waals surface area contributed by atoms with E-state index < -0.39 is 0 Å². The van der Waals surface area contributed by atoms with Crippen molar-refractivity contribution in [1.29, 1.82) is 0 Å². The van der Waals surface area contributed by atoms with Gasteiger partial charge in [0, 0.05) is 24.3 Å². The average molecular weight is 319 g/mol. The van der Waals surface area contributed by atoms with Crippen LogP contribution in [0.15, 0.2) is 36.5 Å². The molecule has 1 aromatic heterocycles. The molecule has 0 spiro atoms. The number of aromatic nitrogens is 2. The zero-order valence-electron chi connectivity index (χ0n) is 12.3. The highest BCUT2D eigenvalue weighted by Crippen LogP contribution is 2.16. The maximum atomic E-state index is 12.2. The number of carbonyl (C=O) groups excluding carboxylic acids is 1. The third-order valence-electron chi connectivity index (χ3n) is 3.83. The van der Waals surface area contributed by atoms with Crippen molar-refractivity contribution in [3.8, 4) is 0 Å². The van der Waals surface area contributed by atoms with Crippen molar-refractivity contribution in [3.63, 3.8) is 0 Å². The topological polar surface area (TPSA) is 59.0 Å². The quantitative estimate of drug-likeness (QED) is 0.910. The molecule has 22 heavy (non-hydrogen) atoms. The summed E-state index contributed by atoms with van der Waals surface area (Å²) in [7, 11) is 0. The van der Waals surface area contributed by atoms with Crippen LogP contribution in [-0.2, 0) is 6.54 Å². The first-order valence-corrected chi connectivity index (χ1v) is 7.89. The summed E-state index contributed by atoms with van der Waals surface area (Å²) in [6, 6.07) is 9.55. The van der Waals surface area contributed by atoms with Crippen LogP contribution in [0.5, 0.6) is 0 Å². The number of amides is 1. The Kier molecular flexibility index (Phi) is 4.75. The lowest BCUT2D eigenvalue weighted by Gasteiger charge is -2.22. The number of piperidine rings is 1.